The lowest BCUT2D eigenvalue weighted by Gasteiger charge is -2.17. The highest BCUT2D eigenvalue weighted by atomic mass is 35.5. The Kier molecular flexibility index (Phi) is 6.80. The van der Waals surface area contributed by atoms with Crippen LogP contribution in [0.4, 0.5) is 16.3 Å². The van der Waals surface area contributed by atoms with E-state index in [1.165, 1.54) is 12.6 Å². The lowest BCUT2D eigenvalue weighted by molar-refractivity contribution is -0.253. The summed E-state index contributed by atoms with van der Waals surface area (Å²) < 4.78 is 0. The van der Waals surface area contributed by atoms with Gasteiger partial charge in [-0.15, -0.1) is 0 Å². The summed E-state index contributed by atoms with van der Waals surface area (Å²) in [7, 11) is 0. The number of carbonyl (C=O) groups is 1. The molecule has 1 fully saturated rings. The number of hydrogen-bond donors (Lipinski definition) is 3. The standard InChI is InChI=1S/C18H22ClN5O3/c1-12-10-22-16(11-21-12)24-18(25)23-14-9-13(19)6-7-15(14)26-27-17-5-3-2-4-8-20-17/h6-7,9-11,17,20H,2-5,8H2,1H3,(H2,22,23,24,25). The number of carbonyl (C=O) groups excluding carboxylic acids is 1. The number of aromatic nitrogens is 2. The highest BCUT2D eigenvalue weighted by molar-refractivity contribution is 6.31. The van der Waals surface area contributed by atoms with E-state index in [0.29, 0.717) is 22.3 Å². The molecule has 2 amide bonds. The fourth-order valence-electron chi connectivity index (χ4n) is 2.59. The highest BCUT2D eigenvalue weighted by Crippen LogP contribution is 2.29. The van der Waals surface area contributed by atoms with Crippen molar-refractivity contribution in [2.75, 3.05) is 17.2 Å². The molecule has 3 N–H and O–H groups in total. The number of hydrogen-bond acceptors (Lipinski definition) is 6. The number of amides is 2. The molecule has 9 heteroatoms. The quantitative estimate of drug-likeness (QED) is 0.528. The highest BCUT2D eigenvalue weighted by Gasteiger charge is 2.16. The first kappa shape index (κ1) is 19.3. The van der Waals surface area contributed by atoms with Crippen molar-refractivity contribution in [1.29, 1.82) is 0 Å². The molecule has 8 nitrogen and oxygen atoms in total. The zero-order chi connectivity index (χ0) is 19.1. The zero-order valence-corrected chi connectivity index (χ0v) is 15.8. The molecule has 1 aromatic heterocycles. The summed E-state index contributed by atoms with van der Waals surface area (Å²) in [4.78, 5) is 31.4. The van der Waals surface area contributed by atoms with Gasteiger partial charge in [-0.25, -0.2) is 9.78 Å². The van der Waals surface area contributed by atoms with Crippen molar-refractivity contribution in [3.05, 3.63) is 41.3 Å². The molecule has 2 heterocycles. The topological polar surface area (TPSA) is 97.4 Å². The van der Waals surface area contributed by atoms with Gasteiger partial charge in [-0.05, 0) is 50.9 Å². The minimum absolute atomic E-state index is 0.187. The Morgan fingerprint density at radius 3 is 2.93 bits per heavy atom. The first-order valence-electron chi connectivity index (χ1n) is 8.83. The average Bonchev–Trinajstić information content (AvgIpc) is 2.92. The fraction of sp³-hybridized carbons (Fsp3) is 0.389. The van der Waals surface area contributed by atoms with Crippen molar-refractivity contribution in [2.45, 2.75) is 38.8 Å². The van der Waals surface area contributed by atoms with Gasteiger partial charge in [0, 0.05) is 5.02 Å². The fourth-order valence-corrected chi connectivity index (χ4v) is 2.76. The van der Waals surface area contributed by atoms with Crippen LogP contribution >= 0.6 is 11.6 Å². The van der Waals surface area contributed by atoms with Gasteiger partial charge in [-0.1, -0.05) is 18.0 Å². The molecular formula is C18H22ClN5O3. The van der Waals surface area contributed by atoms with Gasteiger partial charge < -0.3 is 10.2 Å². The molecule has 0 spiro atoms. The number of nitrogens with one attached hydrogen (secondary N) is 3. The van der Waals surface area contributed by atoms with Crippen molar-refractivity contribution >= 4 is 29.1 Å². The van der Waals surface area contributed by atoms with E-state index in [9.17, 15) is 4.79 Å². The van der Waals surface area contributed by atoms with Crippen LogP contribution in [0.3, 0.4) is 0 Å². The van der Waals surface area contributed by atoms with E-state index in [-0.39, 0.29) is 6.23 Å². The minimum Gasteiger partial charge on any atom is -0.334 e. The Morgan fingerprint density at radius 1 is 1.22 bits per heavy atom. The van der Waals surface area contributed by atoms with Crippen LogP contribution in [-0.2, 0) is 4.89 Å². The number of halogens is 1. The first-order chi connectivity index (χ1) is 13.1. The van der Waals surface area contributed by atoms with Gasteiger partial charge in [0.2, 0.25) is 0 Å². The predicted octanol–water partition coefficient (Wildman–Crippen LogP) is 3.88. The summed E-state index contributed by atoms with van der Waals surface area (Å²) in [5.74, 6) is 0.692. The molecule has 0 saturated carbocycles. The van der Waals surface area contributed by atoms with E-state index in [1.54, 1.807) is 24.4 Å². The number of aryl methyl sites for hydroxylation is 1. The van der Waals surface area contributed by atoms with E-state index in [4.69, 9.17) is 21.4 Å². The monoisotopic (exact) mass is 391 g/mol. The van der Waals surface area contributed by atoms with Gasteiger partial charge in [-0.2, -0.15) is 4.89 Å². The maximum atomic E-state index is 12.2. The maximum absolute atomic E-state index is 12.2. The summed E-state index contributed by atoms with van der Waals surface area (Å²) in [6, 6.07) is 4.39. The van der Waals surface area contributed by atoms with Gasteiger partial charge in [0.1, 0.15) is 0 Å². The molecule has 2 aromatic rings. The summed E-state index contributed by atoms with van der Waals surface area (Å²) in [5.41, 5.74) is 1.14. The molecule has 1 unspecified atom stereocenters. The summed E-state index contributed by atoms with van der Waals surface area (Å²) in [5, 5.41) is 9.02. The maximum Gasteiger partial charge on any atom is 0.325 e. The molecule has 144 valence electrons. The second kappa shape index (κ2) is 9.50. The predicted molar refractivity (Wildman–Crippen MR) is 103 cm³/mol. The van der Waals surface area contributed by atoms with Crippen molar-refractivity contribution in [2.24, 2.45) is 0 Å². The largest absolute Gasteiger partial charge is 0.334 e. The molecule has 1 aliphatic heterocycles. The van der Waals surface area contributed by atoms with Gasteiger partial charge in [0.05, 0.1) is 23.8 Å². The minimum atomic E-state index is -0.493. The molecule has 1 aromatic carbocycles. The second-order valence-electron chi connectivity index (χ2n) is 6.23. The van der Waals surface area contributed by atoms with Crippen LogP contribution in [-0.4, -0.2) is 28.8 Å². The summed E-state index contributed by atoms with van der Waals surface area (Å²) in [6.45, 7) is 2.70. The molecule has 3 rings (SSSR count). The van der Waals surface area contributed by atoms with Crippen LogP contribution in [0.15, 0.2) is 30.6 Å². The van der Waals surface area contributed by atoms with E-state index >= 15 is 0 Å². The molecule has 0 aliphatic carbocycles. The Morgan fingerprint density at radius 2 is 2.11 bits per heavy atom. The number of urea groups is 1. The average molecular weight is 392 g/mol. The van der Waals surface area contributed by atoms with Gasteiger partial charge >= 0.3 is 6.03 Å². The van der Waals surface area contributed by atoms with E-state index in [1.807, 2.05) is 6.92 Å². The smallest absolute Gasteiger partial charge is 0.325 e. The molecule has 27 heavy (non-hydrogen) atoms. The number of rotatable bonds is 5. The van der Waals surface area contributed by atoms with E-state index < -0.39 is 6.03 Å². The van der Waals surface area contributed by atoms with Crippen LogP contribution in [0.1, 0.15) is 31.4 Å². The number of anilines is 2. The van der Waals surface area contributed by atoms with Gasteiger partial charge in [0.25, 0.3) is 0 Å². The molecule has 1 aliphatic rings. The Bertz CT molecular complexity index is 764. The molecular weight excluding hydrogens is 370 g/mol. The Labute approximate surface area is 162 Å². The van der Waals surface area contributed by atoms with Crippen molar-refractivity contribution < 1.29 is 14.6 Å². The van der Waals surface area contributed by atoms with Crippen LogP contribution in [0, 0.1) is 6.92 Å². The normalized spacial score (nSPS) is 17.0. The van der Waals surface area contributed by atoms with Crippen molar-refractivity contribution in [3.8, 4) is 5.75 Å². The SMILES string of the molecule is Cc1cnc(NC(=O)Nc2cc(Cl)ccc2OOC2CCCCCN2)cn1. The lowest BCUT2D eigenvalue weighted by Crippen LogP contribution is -2.32. The number of benzene rings is 1. The van der Waals surface area contributed by atoms with Crippen LogP contribution < -0.4 is 20.8 Å². The van der Waals surface area contributed by atoms with Crippen molar-refractivity contribution in [1.82, 2.24) is 15.3 Å². The summed E-state index contributed by atoms with van der Waals surface area (Å²) >= 11 is 6.05. The zero-order valence-electron chi connectivity index (χ0n) is 15.0. The Hall–Kier alpha value is -2.42. The third-order valence-corrected chi connectivity index (χ3v) is 4.22. The summed E-state index contributed by atoms with van der Waals surface area (Å²) in [6.07, 6.45) is 7.09. The van der Waals surface area contributed by atoms with Crippen LogP contribution in [0.5, 0.6) is 5.75 Å². The van der Waals surface area contributed by atoms with E-state index in [2.05, 4.69) is 25.9 Å². The van der Waals surface area contributed by atoms with Crippen LogP contribution in [0.25, 0.3) is 0 Å². The first-order valence-corrected chi connectivity index (χ1v) is 9.21. The Balaban J connectivity index is 1.62. The van der Waals surface area contributed by atoms with Gasteiger partial charge in [0.15, 0.2) is 17.8 Å². The molecule has 1 saturated heterocycles. The van der Waals surface area contributed by atoms with Gasteiger partial charge in [-0.3, -0.25) is 15.6 Å². The lowest BCUT2D eigenvalue weighted by atomic mass is 10.2. The third kappa shape index (κ3) is 6.06. The molecule has 1 atom stereocenters. The number of nitrogens with zero attached hydrogens (tertiary/aromatic N) is 2. The molecule has 0 bridgehead atoms. The van der Waals surface area contributed by atoms with E-state index in [0.717, 1.165) is 31.5 Å². The second-order valence-corrected chi connectivity index (χ2v) is 6.67. The molecule has 0 radical (unpaired) electrons. The van der Waals surface area contributed by atoms with Crippen molar-refractivity contribution in [3.63, 3.8) is 0 Å². The third-order valence-electron chi connectivity index (χ3n) is 3.98. The van der Waals surface area contributed by atoms with Crippen LogP contribution in [0.2, 0.25) is 5.02 Å².